The third-order valence-electron chi connectivity index (χ3n) is 2.86. The molecular weight excluding hydrogens is 288 g/mol. The number of carbonyl (C=O) groups is 1. The van der Waals surface area contributed by atoms with E-state index in [1.54, 1.807) is 23.9 Å². The summed E-state index contributed by atoms with van der Waals surface area (Å²) in [5.41, 5.74) is 1.59. The first-order valence-electron chi connectivity index (χ1n) is 6.08. The Morgan fingerprint density at radius 3 is 2.70 bits per heavy atom. The molecule has 0 saturated heterocycles. The summed E-state index contributed by atoms with van der Waals surface area (Å²) >= 11 is 3.15. The largest absolute Gasteiger partial charge is 0.298 e. The molecule has 100 valence electrons. The zero-order chi connectivity index (χ0) is 13.9. The lowest BCUT2D eigenvalue weighted by atomic mass is 10.2. The summed E-state index contributed by atoms with van der Waals surface area (Å²) in [7, 11) is 0. The number of hydrogen-bond acceptors (Lipinski definition) is 4. The molecule has 1 aromatic heterocycles. The molecule has 1 N–H and O–H groups in total. The quantitative estimate of drug-likeness (QED) is 0.734. The van der Waals surface area contributed by atoms with Gasteiger partial charge in [0.15, 0.2) is 5.13 Å². The molecule has 0 radical (unpaired) electrons. The molecular formula is C15H12N2OS2. The molecule has 0 atom stereocenters. The van der Waals surface area contributed by atoms with Crippen molar-refractivity contribution in [2.24, 2.45) is 0 Å². The maximum atomic E-state index is 12.1. The molecule has 0 bridgehead atoms. The zero-order valence-corrected chi connectivity index (χ0v) is 12.4. The number of fused-ring (bicyclic) bond motifs is 1. The van der Waals surface area contributed by atoms with Crippen LogP contribution < -0.4 is 5.32 Å². The molecule has 5 heteroatoms. The Balaban J connectivity index is 1.90. The number of nitrogens with zero attached hydrogens (tertiary/aromatic N) is 1. The van der Waals surface area contributed by atoms with Crippen molar-refractivity contribution in [2.75, 3.05) is 11.6 Å². The van der Waals surface area contributed by atoms with Crippen molar-refractivity contribution in [1.82, 2.24) is 4.98 Å². The number of nitrogens with one attached hydrogen (secondary N) is 1. The van der Waals surface area contributed by atoms with Crippen molar-refractivity contribution in [2.45, 2.75) is 4.90 Å². The Hall–Kier alpha value is -1.85. The van der Waals surface area contributed by atoms with Gasteiger partial charge >= 0.3 is 0 Å². The molecule has 0 aliphatic rings. The number of aromatic nitrogens is 1. The molecule has 20 heavy (non-hydrogen) atoms. The van der Waals surface area contributed by atoms with Gasteiger partial charge in [0.2, 0.25) is 0 Å². The van der Waals surface area contributed by atoms with E-state index in [4.69, 9.17) is 0 Å². The van der Waals surface area contributed by atoms with Crippen LogP contribution in [-0.2, 0) is 0 Å². The fraction of sp³-hybridized carbons (Fsp3) is 0.0667. The molecule has 0 aliphatic carbocycles. The van der Waals surface area contributed by atoms with Gasteiger partial charge in [0, 0.05) is 10.5 Å². The van der Waals surface area contributed by atoms with Gasteiger partial charge < -0.3 is 0 Å². The monoisotopic (exact) mass is 300 g/mol. The van der Waals surface area contributed by atoms with Gasteiger partial charge in [-0.05, 0) is 30.5 Å². The van der Waals surface area contributed by atoms with E-state index >= 15 is 0 Å². The number of amides is 1. The standard InChI is InChI=1S/C15H12N2OS2/c1-19-11-8-5-9-12-13(11)16-15(20-12)17-14(18)10-6-3-2-4-7-10/h2-9H,1H3,(H,16,17,18). The lowest BCUT2D eigenvalue weighted by molar-refractivity contribution is 0.102. The van der Waals surface area contributed by atoms with Crippen LogP contribution in [0.15, 0.2) is 53.4 Å². The average molecular weight is 300 g/mol. The summed E-state index contributed by atoms with van der Waals surface area (Å²) in [5.74, 6) is -0.129. The predicted molar refractivity (Wildman–Crippen MR) is 85.8 cm³/mol. The van der Waals surface area contributed by atoms with E-state index in [1.165, 1.54) is 11.3 Å². The van der Waals surface area contributed by atoms with E-state index < -0.39 is 0 Å². The van der Waals surface area contributed by atoms with E-state index in [0.29, 0.717) is 10.7 Å². The SMILES string of the molecule is CSc1cccc2sc(NC(=O)c3ccccc3)nc12. The molecule has 2 aromatic carbocycles. The number of anilines is 1. The molecule has 3 nitrogen and oxygen atoms in total. The second-order valence-corrected chi connectivity index (χ2v) is 6.02. The second kappa shape index (κ2) is 5.64. The van der Waals surface area contributed by atoms with Crippen molar-refractivity contribution in [1.29, 1.82) is 0 Å². The number of thioether (sulfide) groups is 1. The number of carbonyl (C=O) groups excluding carboxylic acids is 1. The van der Waals surface area contributed by atoms with Crippen LogP contribution in [0.1, 0.15) is 10.4 Å². The highest BCUT2D eigenvalue weighted by atomic mass is 32.2. The van der Waals surface area contributed by atoms with E-state index in [-0.39, 0.29) is 5.91 Å². The molecule has 0 unspecified atom stereocenters. The topological polar surface area (TPSA) is 42.0 Å². The third-order valence-corrected chi connectivity index (χ3v) is 4.56. The van der Waals surface area contributed by atoms with Gasteiger partial charge in [-0.25, -0.2) is 4.98 Å². The van der Waals surface area contributed by atoms with Crippen LogP contribution in [0, 0.1) is 0 Å². The van der Waals surface area contributed by atoms with Crippen LogP contribution in [0.5, 0.6) is 0 Å². The first-order valence-corrected chi connectivity index (χ1v) is 8.12. The van der Waals surface area contributed by atoms with E-state index in [9.17, 15) is 4.79 Å². The van der Waals surface area contributed by atoms with Crippen molar-refractivity contribution < 1.29 is 4.79 Å². The van der Waals surface area contributed by atoms with Gasteiger partial charge in [0.1, 0.15) is 0 Å². The summed E-state index contributed by atoms with van der Waals surface area (Å²) in [6.45, 7) is 0. The van der Waals surface area contributed by atoms with E-state index in [2.05, 4.69) is 10.3 Å². The Morgan fingerprint density at radius 1 is 1.15 bits per heavy atom. The number of hydrogen-bond donors (Lipinski definition) is 1. The number of thiazole rings is 1. The lowest BCUT2D eigenvalue weighted by Gasteiger charge is -2.00. The second-order valence-electron chi connectivity index (χ2n) is 4.15. The zero-order valence-electron chi connectivity index (χ0n) is 10.8. The minimum Gasteiger partial charge on any atom is -0.298 e. The molecule has 0 spiro atoms. The fourth-order valence-electron chi connectivity index (χ4n) is 1.90. The predicted octanol–water partition coefficient (Wildman–Crippen LogP) is 4.27. The molecule has 3 aromatic rings. The number of rotatable bonds is 3. The lowest BCUT2D eigenvalue weighted by Crippen LogP contribution is -2.11. The van der Waals surface area contributed by atoms with Crippen molar-refractivity contribution in [3.63, 3.8) is 0 Å². The van der Waals surface area contributed by atoms with Gasteiger partial charge in [-0.3, -0.25) is 10.1 Å². The summed E-state index contributed by atoms with van der Waals surface area (Å²) in [4.78, 5) is 17.7. The van der Waals surface area contributed by atoms with E-state index in [0.717, 1.165) is 15.1 Å². The number of benzene rings is 2. The van der Waals surface area contributed by atoms with Crippen molar-refractivity contribution in [3.05, 3.63) is 54.1 Å². The molecule has 0 aliphatic heterocycles. The summed E-state index contributed by atoms with van der Waals surface area (Å²) in [6, 6.07) is 15.2. The van der Waals surface area contributed by atoms with Crippen LogP contribution >= 0.6 is 23.1 Å². The van der Waals surface area contributed by atoms with Crippen LogP contribution in [0.25, 0.3) is 10.2 Å². The smallest absolute Gasteiger partial charge is 0.257 e. The summed E-state index contributed by atoms with van der Waals surface area (Å²) < 4.78 is 1.08. The third kappa shape index (κ3) is 2.55. The van der Waals surface area contributed by atoms with E-state index in [1.807, 2.05) is 42.7 Å². The molecule has 3 rings (SSSR count). The highest BCUT2D eigenvalue weighted by Gasteiger charge is 2.11. The molecule has 1 amide bonds. The minimum atomic E-state index is -0.129. The Kier molecular flexibility index (Phi) is 3.71. The fourth-order valence-corrected chi connectivity index (χ4v) is 3.42. The molecule has 1 heterocycles. The summed E-state index contributed by atoms with van der Waals surface area (Å²) in [6.07, 6.45) is 2.02. The Morgan fingerprint density at radius 2 is 1.95 bits per heavy atom. The maximum absolute atomic E-state index is 12.1. The number of para-hydroxylation sites is 1. The minimum absolute atomic E-state index is 0.129. The van der Waals surface area contributed by atoms with Gasteiger partial charge in [-0.15, -0.1) is 11.8 Å². The first-order chi connectivity index (χ1) is 9.78. The van der Waals surface area contributed by atoms with Gasteiger partial charge in [0.05, 0.1) is 10.2 Å². The first kappa shape index (κ1) is 13.1. The van der Waals surface area contributed by atoms with Crippen LogP contribution in [0.4, 0.5) is 5.13 Å². The van der Waals surface area contributed by atoms with Crippen LogP contribution in [0.3, 0.4) is 0 Å². The van der Waals surface area contributed by atoms with Gasteiger partial charge in [0.25, 0.3) is 5.91 Å². The van der Waals surface area contributed by atoms with Crippen molar-refractivity contribution in [3.8, 4) is 0 Å². The molecule has 0 fully saturated rings. The van der Waals surface area contributed by atoms with Gasteiger partial charge in [-0.1, -0.05) is 35.6 Å². The van der Waals surface area contributed by atoms with Crippen LogP contribution in [-0.4, -0.2) is 17.1 Å². The highest BCUT2D eigenvalue weighted by Crippen LogP contribution is 2.32. The Bertz CT molecular complexity index is 753. The maximum Gasteiger partial charge on any atom is 0.257 e. The normalized spacial score (nSPS) is 10.7. The van der Waals surface area contributed by atoms with Crippen molar-refractivity contribution >= 4 is 44.4 Å². The highest BCUT2D eigenvalue weighted by molar-refractivity contribution is 7.98. The Labute approximate surface area is 125 Å². The van der Waals surface area contributed by atoms with Gasteiger partial charge in [-0.2, -0.15) is 0 Å². The summed E-state index contributed by atoms with van der Waals surface area (Å²) in [5, 5.41) is 3.49. The molecule has 0 saturated carbocycles. The van der Waals surface area contributed by atoms with Crippen LogP contribution in [0.2, 0.25) is 0 Å². The average Bonchev–Trinajstić information content (AvgIpc) is 2.90.